The van der Waals surface area contributed by atoms with E-state index >= 15 is 0 Å². The van der Waals surface area contributed by atoms with Crippen molar-refractivity contribution in [2.45, 2.75) is 79.2 Å². The second-order valence-electron chi connectivity index (χ2n) is 11.9. The monoisotopic (exact) mass is 585 g/mol. The SMILES string of the molecule is CC(C=CC1=C(C)CCCC1(C)C)=CC=CC(=O)Nc1cc[n+](CCCOC2=c3occc3=CCCCC(=O)OC2)cc1. The van der Waals surface area contributed by atoms with Crippen LogP contribution in [0.5, 0.6) is 0 Å². The molecule has 7 heteroatoms. The summed E-state index contributed by atoms with van der Waals surface area (Å²) in [7, 11) is 0. The van der Waals surface area contributed by atoms with E-state index in [4.69, 9.17) is 13.9 Å². The summed E-state index contributed by atoms with van der Waals surface area (Å²) in [6.07, 6.45) is 23.5. The summed E-state index contributed by atoms with van der Waals surface area (Å²) in [6.45, 7) is 10.1. The molecule has 2 aliphatic rings. The van der Waals surface area contributed by atoms with Crippen molar-refractivity contribution in [2.75, 3.05) is 18.5 Å². The van der Waals surface area contributed by atoms with Crippen LogP contribution in [0.3, 0.4) is 0 Å². The van der Waals surface area contributed by atoms with E-state index in [0.717, 1.165) is 42.3 Å². The summed E-state index contributed by atoms with van der Waals surface area (Å²) in [5, 5.41) is 3.87. The first-order valence-corrected chi connectivity index (χ1v) is 15.3. The number of esters is 1. The number of carbonyl (C=O) groups excluding carboxylic acids is 2. The molecule has 228 valence electrons. The minimum absolute atomic E-state index is 0.0611. The fourth-order valence-corrected chi connectivity index (χ4v) is 5.49. The average Bonchev–Trinajstić information content (AvgIpc) is 3.43. The molecule has 0 bridgehead atoms. The number of ether oxygens (including phenoxy) is 2. The molecule has 0 saturated carbocycles. The second-order valence-corrected chi connectivity index (χ2v) is 11.9. The highest BCUT2D eigenvalue weighted by Gasteiger charge is 2.26. The molecule has 0 saturated heterocycles. The number of carbonyl (C=O) groups is 2. The van der Waals surface area contributed by atoms with E-state index in [1.165, 1.54) is 30.4 Å². The molecule has 0 atom stereocenters. The number of aryl methyl sites for hydroxylation is 1. The van der Waals surface area contributed by atoms with Gasteiger partial charge in [0.25, 0.3) is 0 Å². The Bertz CT molecular complexity index is 1520. The fraction of sp³-hybridized carbons (Fsp3) is 0.417. The third-order valence-electron chi connectivity index (χ3n) is 7.92. The van der Waals surface area contributed by atoms with Gasteiger partial charge in [-0.05, 0) is 63.0 Å². The number of cyclic esters (lactones) is 1. The quantitative estimate of drug-likeness (QED) is 0.125. The molecule has 0 unspecified atom stereocenters. The van der Waals surface area contributed by atoms with Crippen LogP contribution in [0.15, 0.2) is 88.4 Å². The topological polar surface area (TPSA) is 81.7 Å². The minimum atomic E-state index is -0.228. The predicted molar refractivity (Wildman–Crippen MR) is 169 cm³/mol. The highest BCUT2D eigenvalue weighted by atomic mass is 16.6. The Kier molecular flexibility index (Phi) is 11.4. The molecular weight excluding hydrogens is 540 g/mol. The number of nitrogens with zero attached hydrogens (tertiary/aromatic N) is 1. The lowest BCUT2D eigenvalue weighted by atomic mass is 9.72. The maximum atomic E-state index is 12.4. The molecule has 0 aromatic carbocycles. The third kappa shape index (κ3) is 9.70. The largest absolute Gasteiger partial charge is 0.490 e. The number of hydrogen-bond donors (Lipinski definition) is 1. The third-order valence-corrected chi connectivity index (χ3v) is 7.92. The second kappa shape index (κ2) is 15.4. The minimum Gasteiger partial charge on any atom is -0.490 e. The number of allylic oxidation sites excluding steroid dienone is 7. The lowest BCUT2D eigenvalue weighted by Gasteiger charge is -2.32. The summed E-state index contributed by atoms with van der Waals surface area (Å²) >= 11 is 0. The van der Waals surface area contributed by atoms with Crippen molar-refractivity contribution in [1.82, 2.24) is 0 Å². The van der Waals surface area contributed by atoms with E-state index < -0.39 is 0 Å². The van der Waals surface area contributed by atoms with Crippen molar-refractivity contribution in [3.63, 3.8) is 0 Å². The maximum Gasteiger partial charge on any atom is 0.306 e. The first-order valence-electron chi connectivity index (χ1n) is 15.3. The number of aromatic nitrogens is 1. The highest BCUT2D eigenvalue weighted by Crippen LogP contribution is 2.40. The van der Waals surface area contributed by atoms with Crippen LogP contribution in [0.25, 0.3) is 11.8 Å². The van der Waals surface area contributed by atoms with Crippen LogP contribution >= 0.6 is 0 Å². The molecule has 1 N–H and O–H groups in total. The van der Waals surface area contributed by atoms with Crippen LogP contribution in [0.4, 0.5) is 5.69 Å². The van der Waals surface area contributed by atoms with Crippen molar-refractivity contribution >= 4 is 29.4 Å². The zero-order chi connectivity index (χ0) is 30.7. The molecule has 43 heavy (non-hydrogen) atoms. The van der Waals surface area contributed by atoms with Crippen molar-refractivity contribution < 1.29 is 28.0 Å². The smallest absolute Gasteiger partial charge is 0.306 e. The van der Waals surface area contributed by atoms with Gasteiger partial charge in [-0.1, -0.05) is 55.4 Å². The van der Waals surface area contributed by atoms with Gasteiger partial charge in [0.15, 0.2) is 36.7 Å². The van der Waals surface area contributed by atoms with Crippen LogP contribution in [0.2, 0.25) is 0 Å². The molecule has 0 fully saturated rings. The summed E-state index contributed by atoms with van der Waals surface area (Å²) in [4.78, 5) is 24.3. The van der Waals surface area contributed by atoms with Gasteiger partial charge in [-0.2, -0.15) is 0 Å². The molecule has 4 rings (SSSR count). The molecule has 0 radical (unpaired) electrons. The van der Waals surface area contributed by atoms with Gasteiger partial charge >= 0.3 is 5.97 Å². The molecule has 2 aromatic heterocycles. The number of pyridine rings is 1. The van der Waals surface area contributed by atoms with Crippen LogP contribution in [-0.4, -0.2) is 25.1 Å². The van der Waals surface area contributed by atoms with Gasteiger partial charge in [0, 0.05) is 36.3 Å². The lowest BCUT2D eigenvalue weighted by Crippen LogP contribution is -2.33. The van der Waals surface area contributed by atoms with Gasteiger partial charge in [0.05, 0.1) is 18.6 Å². The zero-order valence-electron chi connectivity index (χ0n) is 26.0. The van der Waals surface area contributed by atoms with E-state index in [1.54, 1.807) is 18.4 Å². The average molecular weight is 586 g/mol. The first kappa shape index (κ1) is 31.8. The number of rotatable bonds is 10. The summed E-state index contributed by atoms with van der Waals surface area (Å²) in [5.41, 5.74) is 5.56. The molecule has 7 nitrogen and oxygen atoms in total. The number of nitrogens with one attached hydrogen (secondary N) is 1. The lowest BCUT2D eigenvalue weighted by molar-refractivity contribution is -0.697. The Balaban J connectivity index is 1.24. The van der Waals surface area contributed by atoms with Gasteiger partial charge < -0.3 is 19.2 Å². The normalized spacial score (nSPS) is 17.9. The highest BCUT2D eigenvalue weighted by molar-refractivity contribution is 5.99. The molecule has 1 aliphatic heterocycles. The van der Waals surface area contributed by atoms with E-state index in [-0.39, 0.29) is 23.9 Å². The number of hydrogen-bond acceptors (Lipinski definition) is 5. The van der Waals surface area contributed by atoms with Crippen molar-refractivity contribution in [3.8, 4) is 0 Å². The molecule has 0 spiro atoms. The van der Waals surface area contributed by atoms with Gasteiger partial charge in [-0.15, -0.1) is 0 Å². The first-order chi connectivity index (χ1) is 20.7. The van der Waals surface area contributed by atoms with Crippen LogP contribution in [0, 0.1) is 5.41 Å². The zero-order valence-corrected chi connectivity index (χ0v) is 26.0. The molecule has 3 heterocycles. The Morgan fingerprint density at radius 2 is 1.95 bits per heavy atom. The van der Waals surface area contributed by atoms with Crippen LogP contribution in [0.1, 0.15) is 72.6 Å². The Morgan fingerprint density at radius 3 is 2.74 bits per heavy atom. The van der Waals surface area contributed by atoms with Crippen LogP contribution in [-0.2, 0) is 25.6 Å². The van der Waals surface area contributed by atoms with Gasteiger partial charge in [-0.25, -0.2) is 4.57 Å². The number of fused-ring (bicyclic) bond motifs is 1. The van der Waals surface area contributed by atoms with Gasteiger partial charge in [0.1, 0.15) is 0 Å². The van der Waals surface area contributed by atoms with Crippen LogP contribution < -0.4 is 20.5 Å². The van der Waals surface area contributed by atoms with E-state index in [1.807, 2.05) is 48.2 Å². The Hall–Kier alpha value is -4.13. The number of anilines is 1. The van der Waals surface area contributed by atoms with E-state index in [9.17, 15) is 9.59 Å². The Labute approximate surface area is 255 Å². The number of furan rings is 1. The molecule has 2 aromatic rings. The predicted octanol–water partition coefficient (Wildman–Crippen LogP) is 5.81. The number of amides is 1. The molecule has 1 aliphatic carbocycles. The van der Waals surface area contributed by atoms with Crippen molar-refractivity contribution in [2.24, 2.45) is 5.41 Å². The standard InChI is InChI=1S/C36H44N2O5/c1-27(15-16-31-28(2)11-8-20-36(31,3)4)10-7-13-33(39)37-30-17-22-38(23-18-30)21-9-24-41-32-26-43-34(40)14-6-5-12-29-19-25-42-35(29)32/h7,10,12-13,15-19,22-23,25H,5-6,8-9,11,14,20-21,24,26H2,1-4H3/p+1. The van der Waals surface area contributed by atoms with Gasteiger partial charge in [-0.3, -0.25) is 9.59 Å². The summed E-state index contributed by atoms with van der Waals surface area (Å²) in [5.74, 6) is 0.127. The summed E-state index contributed by atoms with van der Waals surface area (Å²) < 4.78 is 19.0. The van der Waals surface area contributed by atoms with E-state index in [2.05, 4.69) is 44.3 Å². The molecular formula is C36H45N2O5+. The van der Waals surface area contributed by atoms with Gasteiger partial charge in [0.2, 0.25) is 5.91 Å². The van der Waals surface area contributed by atoms with E-state index in [0.29, 0.717) is 24.2 Å². The maximum absolute atomic E-state index is 12.4. The molecule has 1 amide bonds. The Morgan fingerprint density at radius 1 is 1.14 bits per heavy atom. The van der Waals surface area contributed by atoms with Crippen molar-refractivity contribution in [3.05, 3.63) is 94.6 Å². The fourth-order valence-electron chi connectivity index (χ4n) is 5.49. The summed E-state index contributed by atoms with van der Waals surface area (Å²) in [6, 6.07) is 5.65. The van der Waals surface area contributed by atoms with Crippen molar-refractivity contribution in [1.29, 1.82) is 0 Å².